The van der Waals surface area contributed by atoms with Gasteiger partial charge in [-0.25, -0.2) is 0 Å². The standard InChI is InChI=1S/C15H21NO3/c1-11(9-13(17)14-7-4-8-19-14)16-15(18)10-12-5-2-3-6-12/h2,4-5,7-8,11-13,17H,3,6,9-10H2,1H3,(H,16,18). The first-order valence-electron chi connectivity index (χ1n) is 6.82. The van der Waals surface area contributed by atoms with Gasteiger partial charge in [0.1, 0.15) is 11.9 Å². The normalized spacial score (nSPS) is 21.3. The molecule has 0 fully saturated rings. The Kier molecular flexibility index (Phi) is 4.80. The fourth-order valence-corrected chi connectivity index (χ4v) is 2.43. The zero-order valence-corrected chi connectivity index (χ0v) is 11.2. The second kappa shape index (κ2) is 6.57. The average molecular weight is 263 g/mol. The molecule has 4 nitrogen and oxygen atoms in total. The fourth-order valence-electron chi connectivity index (χ4n) is 2.43. The zero-order chi connectivity index (χ0) is 13.7. The number of furan rings is 1. The Hall–Kier alpha value is -1.55. The van der Waals surface area contributed by atoms with Crippen LogP contribution in [0.25, 0.3) is 0 Å². The molecule has 0 saturated carbocycles. The molecule has 1 aromatic rings. The van der Waals surface area contributed by atoms with Crippen molar-refractivity contribution < 1.29 is 14.3 Å². The Bertz CT molecular complexity index is 425. The molecule has 1 amide bonds. The third kappa shape index (κ3) is 4.24. The Morgan fingerprint density at radius 2 is 2.47 bits per heavy atom. The van der Waals surface area contributed by atoms with Crippen LogP contribution in [0.3, 0.4) is 0 Å². The lowest BCUT2D eigenvalue weighted by molar-refractivity contribution is -0.122. The molecule has 3 atom stereocenters. The summed E-state index contributed by atoms with van der Waals surface area (Å²) in [5, 5.41) is 12.8. The van der Waals surface area contributed by atoms with Crippen molar-refractivity contribution in [3.8, 4) is 0 Å². The van der Waals surface area contributed by atoms with Crippen LogP contribution in [0.4, 0.5) is 0 Å². The van der Waals surface area contributed by atoms with Crippen LogP contribution in [0, 0.1) is 5.92 Å². The molecular weight excluding hydrogens is 242 g/mol. The number of hydrogen-bond donors (Lipinski definition) is 2. The van der Waals surface area contributed by atoms with E-state index >= 15 is 0 Å². The van der Waals surface area contributed by atoms with Crippen molar-refractivity contribution in [3.63, 3.8) is 0 Å². The van der Waals surface area contributed by atoms with Crippen LogP contribution in [0.1, 0.15) is 44.5 Å². The predicted molar refractivity (Wildman–Crippen MR) is 72.4 cm³/mol. The zero-order valence-electron chi connectivity index (χ0n) is 11.2. The highest BCUT2D eigenvalue weighted by atomic mass is 16.4. The highest BCUT2D eigenvalue weighted by Gasteiger charge is 2.18. The molecule has 0 radical (unpaired) electrons. The summed E-state index contributed by atoms with van der Waals surface area (Å²) in [5.41, 5.74) is 0. The number of amides is 1. The van der Waals surface area contributed by atoms with Gasteiger partial charge >= 0.3 is 0 Å². The van der Waals surface area contributed by atoms with Crippen molar-refractivity contribution in [1.82, 2.24) is 5.32 Å². The monoisotopic (exact) mass is 263 g/mol. The van der Waals surface area contributed by atoms with Gasteiger partial charge in [0, 0.05) is 18.9 Å². The molecule has 0 aromatic carbocycles. The third-order valence-corrected chi connectivity index (χ3v) is 3.42. The van der Waals surface area contributed by atoms with E-state index in [1.54, 1.807) is 12.1 Å². The molecule has 2 rings (SSSR count). The maximum absolute atomic E-state index is 11.8. The van der Waals surface area contributed by atoms with Crippen molar-refractivity contribution in [1.29, 1.82) is 0 Å². The van der Waals surface area contributed by atoms with Gasteiger partial charge in [0.25, 0.3) is 0 Å². The van der Waals surface area contributed by atoms with Gasteiger partial charge in [-0.15, -0.1) is 0 Å². The quantitative estimate of drug-likeness (QED) is 0.775. The number of carbonyl (C=O) groups excluding carboxylic acids is 1. The maximum Gasteiger partial charge on any atom is 0.220 e. The van der Waals surface area contributed by atoms with Crippen LogP contribution in [0.2, 0.25) is 0 Å². The predicted octanol–water partition coefficient (Wildman–Crippen LogP) is 2.56. The molecule has 1 heterocycles. The molecule has 1 aromatic heterocycles. The number of hydrogen-bond acceptors (Lipinski definition) is 3. The summed E-state index contributed by atoms with van der Waals surface area (Å²) < 4.78 is 5.14. The Morgan fingerprint density at radius 1 is 1.63 bits per heavy atom. The van der Waals surface area contributed by atoms with Crippen molar-refractivity contribution >= 4 is 5.91 Å². The molecule has 104 valence electrons. The van der Waals surface area contributed by atoms with Crippen molar-refractivity contribution in [2.75, 3.05) is 0 Å². The Morgan fingerprint density at radius 3 is 3.11 bits per heavy atom. The van der Waals surface area contributed by atoms with E-state index in [0.29, 0.717) is 24.5 Å². The first kappa shape index (κ1) is 13.9. The highest BCUT2D eigenvalue weighted by molar-refractivity contribution is 5.76. The van der Waals surface area contributed by atoms with Gasteiger partial charge in [0.05, 0.1) is 6.26 Å². The largest absolute Gasteiger partial charge is 0.467 e. The summed E-state index contributed by atoms with van der Waals surface area (Å²) >= 11 is 0. The van der Waals surface area contributed by atoms with Gasteiger partial charge in [-0.2, -0.15) is 0 Å². The lowest BCUT2D eigenvalue weighted by Gasteiger charge is -2.17. The lowest BCUT2D eigenvalue weighted by atomic mass is 10.0. The van der Waals surface area contributed by atoms with Gasteiger partial charge in [0.15, 0.2) is 0 Å². The van der Waals surface area contributed by atoms with Crippen molar-refractivity contribution in [3.05, 3.63) is 36.3 Å². The van der Waals surface area contributed by atoms with E-state index in [0.717, 1.165) is 12.8 Å². The second-order valence-electron chi connectivity index (χ2n) is 5.21. The maximum atomic E-state index is 11.8. The first-order chi connectivity index (χ1) is 9.15. The van der Waals surface area contributed by atoms with E-state index in [9.17, 15) is 9.90 Å². The van der Waals surface area contributed by atoms with Gasteiger partial charge in [-0.3, -0.25) is 4.79 Å². The van der Waals surface area contributed by atoms with Crippen LogP contribution < -0.4 is 5.32 Å². The van der Waals surface area contributed by atoms with E-state index in [-0.39, 0.29) is 11.9 Å². The number of aliphatic hydroxyl groups excluding tert-OH is 1. The number of aliphatic hydroxyl groups is 1. The van der Waals surface area contributed by atoms with Crippen LogP contribution in [-0.2, 0) is 4.79 Å². The van der Waals surface area contributed by atoms with E-state index in [2.05, 4.69) is 17.5 Å². The minimum absolute atomic E-state index is 0.0516. The molecule has 0 bridgehead atoms. The van der Waals surface area contributed by atoms with Crippen molar-refractivity contribution in [2.24, 2.45) is 5.92 Å². The fraction of sp³-hybridized carbons (Fsp3) is 0.533. The Balaban J connectivity index is 1.72. The minimum atomic E-state index is -0.670. The van der Waals surface area contributed by atoms with E-state index in [1.807, 2.05) is 6.92 Å². The van der Waals surface area contributed by atoms with Crippen molar-refractivity contribution in [2.45, 2.75) is 44.8 Å². The van der Waals surface area contributed by atoms with E-state index in [1.165, 1.54) is 6.26 Å². The third-order valence-electron chi connectivity index (χ3n) is 3.42. The molecule has 1 aliphatic rings. The molecule has 1 aliphatic carbocycles. The van der Waals surface area contributed by atoms with Gasteiger partial charge in [0.2, 0.25) is 5.91 Å². The van der Waals surface area contributed by atoms with Gasteiger partial charge in [-0.05, 0) is 37.8 Å². The number of carbonyl (C=O) groups is 1. The molecule has 3 unspecified atom stereocenters. The lowest BCUT2D eigenvalue weighted by Crippen LogP contribution is -2.34. The summed E-state index contributed by atoms with van der Waals surface area (Å²) in [4.78, 5) is 11.8. The summed E-state index contributed by atoms with van der Waals surface area (Å²) in [7, 11) is 0. The molecule has 2 N–H and O–H groups in total. The molecule has 0 aliphatic heterocycles. The molecule has 19 heavy (non-hydrogen) atoms. The van der Waals surface area contributed by atoms with Crippen LogP contribution in [0.5, 0.6) is 0 Å². The summed E-state index contributed by atoms with van der Waals surface area (Å²) in [6, 6.07) is 3.41. The van der Waals surface area contributed by atoms with Crippen LogP contribution in [0.15, 0.2) is 35.0 Å². The topological polar surface area (TPSA) is 62.5 Å². The second-order valence-corrected chi connectivity index (χ2v) is 5.21. The van der Waals surface area contributed by atoms with Crippen LogP contribution >= 0.6 is 0 Å². The molecular formula is C15H21NO3. The first-order valence-corrected chi connectivity index (χ1v) is 6.82. The average Bonchev–Trinajstić information content (AvgIpc) is 3.00. The van der Waals surface area contributed by atoms with E-state index < -0.39 is 6.10 Å². The van der Waals surface area contributed by atoms with E-state index in [4.69, 9.17) is 4.42 Å². The molecule has 4 heteroatoms. The molecule has 0 spiro atoms. The number of rotatable bonds is 6. The SMILES string of the molecule is CC(CC(O)c1ccco1)NC(=O)CC1C=CCC1. The molecule has 0 saturated heterocycles. The Labute approximate surface area is 113 Å². The summed E-state index contributed by atoms with van der Waals surface area (Å²) in [6.07, 6.45) is 8.24. The van der Waals surface area contributed by atoms with Crippen LogP contribution in [-0.4, -0.2) is 17.1 Å². The number of nitrogens with one attached hydrogen (secondary N) is 1. The summed E-state index contributed by atoms with van der Waals surface area (Å²) in [6.45, 7) is 1.90. The highest BCUT2D eigenvalue weighted by Crippen LogP contribution is 2.21. The van der Waals surface area contributed by atoms with Gasteiger partial charge in [-0.1, -0.05) is 12.2 Å². The smallest absolute Gasteiger partial charge is 0.220 e. The minimum Gasteiger partial charge on any atom is -0.467 e. The summed E-state index contributed by atoms with van der Waals surface area (Å²) in [5.74, 6) is 0.970. The van der Waals surface area contributed by atoms with Gasteiger partial charge < -0.3 is 14.8 Å². The number of allylic oxidation sites excluding steroid dienone is 2.